The molecule has 1 heteroatoms. The molecule has 0 amide bonds. The average Bonchev–Trinajstić information content (AvgIpc) is 2.38. The summed E-state index contributed by atoms with van der Waals surface area (Å²) in [7, 11) is 0. The van der Waals surface area contributed by atoms with Gasteiger partial charge >= 0.3 is 0 Å². The standard InChI is InChI=1S/C15H18O/c16-12-6-10-14-9-4-5-11-15(14)13-7-2-1-3-8-13/h4-6,9-13H,1-3,7-8H2/b10-6+. The molecule has 1 aromatic carbocycles. The highest BCUT2D eigenvalue weighted by Gasteiger charge is 2.16. The Kier molecular flexibility index (Phi) is 3.92. The summed E-state index contributed by atoms with van der Waals surface area (Å²) in [6.07, 6.45) is 11.0. The Morgan fingerprint density at radius 1 is 1.06 bits per heavy atom. The van der Waals surface area contributed by atoms with Gasteiger partial charge in [0.05, 0.1) is 0 Å². The summed E-state index contributed by atoms with van der Waals surface area (Å²) in [5.74, 6) is 0.696. The molecular weight excluding hydrogens is 196 g/mol. The minimum Gasteiger partial charge on any atom is -0.299 e. The highest BCUT2D eigenvalue weighted by Crippen LogP contribution is 2.34. The maximum absolute atomic E-state index is 10.4. The van der Waals surface area contributed by atoms with Crippen molar-refractivity contribution in [1.29, 1.82) is 0 Å². The molecule has 0 heterocycles. The van der Waals surface area contributed by atoms with Gasteiger partial charge in [-0.05, 0) is 36.0 Å². The van der Waals surface area contributed by atoms with E-state index in [9.17, 15) is 4.79 Å². The molecule has 16 heavy (non-hydrogen) atoms. The third kappa shape index (κ3) is 2.60. The first-order valence-electron chi connectivity index (χ1n) is 6.12. The Balaban J connectivity index is 2.24. The number of allylic oxidation sites excluding steroid dienone is 1. The number of carbonyl (C=O) groups excluding carboxylic acids is 1. The zero-order valence-corrected chi connectivity index (χ0v) is 9.56. The number of hydrogen-bond donors (Lipinski definition) is 0. The lowest BCUT2D eigenvalue weighted by atomic mass is 9.82. The number of benzene rings is 1. The SMILES string of the molecule is O=C/C=C/c1ccccc1C1CCCCC1. The van der Waals surface area contributed by atoms with Crippen molar-refractivity contribution < 1.29 is 4.79 Å². The molecular formula is C15H18O. The predicted octanol–water partition coefficient (Wildman–Crippen LogP) is 3.95. The van der Waals surface area contributed by atoms with Crippen LogP contribution in [0.25, 0.3) is 6.08 Å². The molecule has 2 rings (SSSR count). The van der Waals surface area contributed by atoms with E-state index < -0.39 is 0 Å². The van der Waals surface area contributed by atoms with Gasteiger partial charge in [-0.15, -0.1) is 0 Å². The molecule has 1 saturated carbocycles. The highest BCUT2D eigenvalue weighted by atomic mass is 16.1. The van der Waals surface area contributed by atoms with Crippen LogP contribution in [0.15, 0.2) is 30.3 Å². The number of rotatable bonds is 3. The van der Waals surface area contributed by atoms with Gasteiger partial charge in [0.15, 0.2) is 0 Å². The molecule has 0 saturated heterocycles. The molecule has 0 spiro atoms. The summed E-state index contributed by atoms with van der Waals surface area (Å²) in [5, 5.41) is 0. The Labute approximate surface area is 97.2 Å². The van der Waals surface area contributed by atoms with Crippen molar-refractivity contribution in [2.75, 3.05) is 0 Å². The second-order valence-electron chi connectivity index (χ2n) is 4.46. The fraction of sp³-hybridized carbons (Fsp3) is 0.400. The zero-order chi connectivity index (χ0) is 11.2. The molecule has 0 atom stereocenters. The van der Waals surface area contributed by atoms with E-state index in [4.69, 9.17) is 0 Å². The summed E-state index contributed by atoms with van der Waals surface area (Å²) in [5.41, 5.74) is 2.63. The lowest BCUT2D eigenvalue weighted by molar-refractivity contribution is -0.104. The van der Waals surface area contributed by atoms with Crippen LogP contribution in [-0.4, -0.2) is 6.29 Å². The van der Waals surface area contributed by atoms with Gasteiger partial charge in [-0.1, -0.05) is 49.6 Å². The van der Waals surface area contributed by atoms with Crippen LogP contribution in [0.2, 0.25) is 0 Å². The van der Waals surface area contributed by atoms with Gasteiger partial charge in [0.1, 0.15) is 6.29 Å². The molecule has 0 N–H and O–H groups in total. The second kappa shape index (κ2) is 5.64. The second-order valence-corrected chi connectivity index (χ2v) is 4.46. The van der Waals surface area contributed by atoms with Crippen molar-refractivity contribution in [3.63, 3.8) is 0 Å². The smallest absolute Gasteiger partial charge is 0.142 e. The normalized spacial score (nSPS) is 17.8. The molecule has 1 fully saturated rings. The van der Waals surface area contributed by atoms with Crippen molar-refractivity contribution in [2.24, 2.45) is 0 Å². The lowest BCUT2D eigenvalue weighted by Gasteiger charge is -2.23. The average molecular weight is 214 g/mol. The van der Waals surface area contributed by atoms with Gasteiger partial charge in [0.2, 0.25) is 0 Å². The van der Waals surface area contributed by atoms with Crippen molar-refractivity contribution in [2.45, 2.75) is 38.0 Å². The minimum atomic E-state index is 0.696. The van der Waals surface area contributed by atoms with Gasteiger partial charge in [0, 0.05) is 0 Å². The van der Waals surface area contributed by atoms with Crippen LogP contribution >= 0.6 is 0 Å². The molecule has 0 radical (unpaired) electrons. The zero-order valence-electron chi connectivity index (χ0n) is 9.56. The largest absolute Gasteiger partial charge is 0.299 e. The van der Waals surface area contributed by atoms with E-state index in [1.807, 2.05) is 12.1 Å². The molecule has 1 aliphatic rings. The van der Waals surface area contributed by atoms with E-state index in [0.29, 0.717) is 5.92 Å². The van der Waals surface area contributed by atoms with Gasteiger partial charge in [-0.2, -0.15) is 0 Å². The first-order chi connectivity index (χ1) is 7.92. The summed E-state index contributed by atoms with van der Waals surface area (Å²) in [4.78, 5) is 10.4. The Morgan fingerprint density at radius 3 is 2.56 bits per heavy atom. The van der Waals surface area contributed by atoms with Crippen LogP contribution < -0.4 is 0 Å². The van der Waals surface area contributed by atoms with Gasteiger partial charge in [0.25, 0.3) is 0 Å². The van der Waals surface area contributed by atoms with Crippen LogP contribution in [0, 0.1) is 0 Å². The van der Waals surface area contributed by atoms with Crippen LogP contribution in [0.3, 0.4) is 0 Å². The monoisotopic (exact) mass is 214 g/mol. The van der Waals surface area contributed by atoms with Crippen molar-refractivity contribution >= 4 is 12.4 Å². The van der Waals surface area contributed by atoms with E-state index in [2.05, 4.69) is 18.2 Å². The fourth-order valence-corrected chi connectivity index (χ4v) is 2.59. The quantitative estimate of drug-likeness (QED) is 0.550. The molecule has 1 aliphatic carbocycles. The fourth-order valence-electron chi connectivity index (χ4n) is 2.59. The summed E-state index contributed by atoms with van der Waals surface area (Å²) >= 11 is 0. The highest BCUT2D eigenvalue weighted by molar-refractivity contribution is 5.74. The van der Waals surface area contributed by atoms with Crippen LogP contribution in [-0.2, 0) is 4.79 Å². The molecule has 1 aromatic rings. The molecule has 0 aromatic heterocycles. The van der Waals surface area contributed by atoms with Crippen molar-refractivity contribution in [3.05, 3.63) is 41.5 Å². The van der Waals surface area contributed by atoms with Crippen molar-refractivity contribution in [1.82, 2.24) is 0 Å². The van der Waals surface area contributed by atoms with Gasteiger partial charge in [-0.3, -0.25) is 4.79 Å². The van der Waals surface area contributed by atoms with E-state index in [0.717, 1.165) is 6.29 Å². The maximum atomic E-state index is 10.4. The van der Waals surface area contributed by atoms with E-state index in [1.165, 1.54) is 43.2 Å². The summed E-state index contributed by atoms with van der Waals surface area (Å²) < 4.78 is 0. The Bertz CT molecular complexity index is 373. The number of hydrogen-bond acceptors (Lipinski definition) is 1. The van der Waals surface area contributed by atoms with E-state index in [-0.39, 0.29) is 0 Å². The number of carbonyl (C=O) groups is 1. The first kappa shape index (κ1) is 11.1. The van der Waals surface area contributed by atoms with E-state index >= 15 is 0 Å². The topological polar surface area (TPSA) is 17.1 Å². The predicted molar refractivity (Wildman–Crippen MR) is 67.4 cm³/mol. The molecule has 0 unspecified atom stereocenters. The third-order valence-electron chi connectivity index (χ3n) is 3.40. The Morgan fingerprint density at radius 2 is 1.81 bits per heavy atom. The lowest BCUT2D eigenvalue weighted by Crippen LogP contribution is -2.05. The summed E-state index contributed by atoms with van der Waals surface area (Å²) in [6.45, 7) is 0. The van der Waals surface area contributed by atoms with Crippen LogP contribution in [0.4, 0.5) is 0 Å². The molecule has 0 bridgehead atoms. The maximum Gasteiger partial charge on any atom is 0.142 e. The molecule has 1 nitrogen and oxygen atoms in total. The molecule has 0 aliphatic heterocycles. The summed E-state index contributed by atoms with van der Waals surface area (Å²) in [6, 6.07) is 8.45. The van der Waals surface area contributed by atoms with Crippen molar-refractivity contribution in [3.8, 4) is 0 Å². The van der Waals surface area contributed by atoms with Crippen LogP contribution in [0.5, 0.6) is 0 Å². The Hall–Kier alpha value is -1.37. The third-order valence-corrected chi connectivity index (χ3v) is 3.40. The van der Waals surface area contributed by atoms with Gasteiger partial charge < -0.3 is 0 Å². The van der Waals surface area contributed by atoms with E-state index in [1.54, 1.807) is 6.08 Å². The molecule has 84 valence electrons. The number of aldehydes is 1. The first-order valence-corrected chi connectivity index (χ1v) is 6.12. The van der Waals surface area contributed by atoms with Crippen LogP contribution in [0.1, 0.15) is 49.1 Å². The van der Waals surface area contributed by atoms with Gasteiger partial charge in [-0.25, -0.2) is 0 Å². The minimum absolute atomic E-state index is 0.696.